The van der Waals surface area contributed by atoms with Crippen LogP contribution in [0, 0.1) is 0 Å². The van der Waals surface area contributed by atoms with Crippen molar-refractivity contribution < 1.29 is 9.53 Å². The summed E-state index contributed by atoms with van der Waals surface area (Å²) in [6, 6.07) is 14.8. The molecule has 4 nitrogen and oxygen atoms in total. The second-order valence-electron chi connectivity index (χ2n) is 4.06. The largest absolute Gasteiger partial charge is 0.450 e. The fourth-order valence-electron chi connectivity index (χ4n) is 1.65. The van der Waals surface area contributed by atoms with Crippen molar-refractivity contribution in [1.82, 2.24) is 0 Å². The molecule has 0 spiro atoms. The number of carbonyl (C=O) groups excluding carboxylic acids is 1. The van der Waals surface area contributed by atoms with E-state index in [4.69, 9.17) is 16.3 Å². The molecule has 0 aliphatic heterocycles. The summed E-state index contributed by atoms with van der Waals surface area (Å²) >= 11 is 5.92. The van der Waals surface area contributed by atoms with Crippen molar-refractivity contribution in [2.75, 3.05) is 17.2 Å². The Morgan fingerprint density at radius 3 is 2.45 bits per heavy atom. The predicted molar refractivity (Wildman–Crippen MR) is 81.8 cm³/mol. The predicted octanol–water partition coefficient (Wildman–Crippen LogP) is 4.65. The fourth-order valence-corrected chi connectivity index (χ4v) is 1.85. The first-order valence-corrected chi connectivity index (χ1v) is 6.61. The summed E-state index contributed by atoms with van der Waals surface area (Å²) in [6.07, 6.45) is -0.456. The molecule has 0 aliphatic rings. The standard InChI is InChI=1S/C15H15ClN2O2/c1-2-20-15(19)18-13-8-6-12(7-9-13)17-14-5-3-4-11(16)10-14/h3-10,17H,2H2,1H3,(H,18,19). The molecular formula is C15H15ClN2O2. The van der Waals surface area contributed by atoms with Crippen LogP contribution in [0.1, 0.15) is 6.92 Å². The molecule has 2 aromatic carbocycles. The topological polar surface area (TPSA) is 50.4 Å². The number of anilines is 3. The van der Waals surface area contributed by atoms with Gasteiger partial charge in [0.25, 0.3) is 0 Å². The van der Waals surface area contributed by atoms with E-state index in [9.17, 15) is 4.79 Å². The van der Waals surface area contributed by atoms with E-state index in [1.54, 1.807) is 19.1 Å². The van der Waals surface area contributed by atoms with Crippen LogP contribution >= 0.6 is 11.6 Å². The Morgan fingerprint density at radius 2 is 1.80 bits per heavy atom. The Morgan fingerprint density at radius 1 is 1.10 bits per heavy atom. The van der Waals surface area contributed by atoms with Crippen LogP contribution in [-0.2, 0) is 4.74 Å². The average Bonchev–Trinajstić information content (AvgIpc) is 2.41. The average molecular weight is 291 g/mol. The quantitative estimate of drug-likeness (QED) is 0.861. The Bertz CT molecular complexity index is 585. The summed E-state index contributed by atoms with van der Waals surface area (Å²) in [5.41, 5.74) is 2.49. The number of hydrogen-bond donors (Lipinski definition) is 2. The van der Waals surface area contributed by atoms with Crippen LogP contribution < -0.4 is 10.6 Å². The van der Waals surface area contributed by atoms with Gasteiger partial charge in [-0.1, -0.05) is 17.7 Å². The zero-order chi connectivity index (χ0) is 14.4. The molecule has 0 aromatic heterocycles. The molecule has 0 bridgehead atoms. The molecule has 0 aliphatic carbocycles. The summed E-state index contributed by atoms with van der Waals surface area (Å²) in [6.45, 7) is 2.11. The van der Waals surface area contributed by atoms with E-state index in [2.05, 4.69) is 10.6 Å². The molecule has 0 radical (unpaired) electrons. The molecule has 20 heavy (non-hydrogen) atoms. The van der Waals surface area contributed by atoms with E-state index < -0.39 is 6.09 Å². The Kier molecular flexibility index (Phi) is 4.85. The Balaban J connectivity index is 1.99. The van der Waals surface area contributed by atoms with Crippen LogP contribution in [0.15, 0.2) is 48.5 Å². The van der Waals surface area contributed by atoms with Gasteiger partial charge in [0.15, 0.2) is 0 Å². The van der Waals surface area contributed by atoms with Gasteiger partial charge in [0.05, 0.1) is 6.61 Å². The van der Waals surface area contributed by atoms with Crippen LogP contribution in [0.5, 0.6) is 0 Å². The van der Waals surface area contributed by atoms with Crippen molar-refractivity contribution in [3.63, 3.8) is 0 Å². The van der Waals surface area contributed by atoms with E-state index >= 15 is 0 Å². The highest BCUT2D eigenvalue weighted by molar-refractivity contribution is 6.30. The third-order valence-corrected chi connectivity index (χ3v) is 2.76. The van der Waals surface area contributed by atoms with Gasteiger partial charge in [-0.25, -0.2) is 4.79 Å². The monoisotopic (exact) mass is 290 g/mol. The number of amides is 1. The molecule has 2 rings (SSSR count). The summed E-state index contributed by atoms with van der Waals surface area (Å²) in [4.78, 5) is 11.3. The maximum absolute atomic E-state index is 11.3. The van der Waals surface area contributed by atoms with Gasteiger partial charge in [0, 0.05) is 22.1 Å². The van der Waals surface area contributed by atoms with Crippen molar-refractivity contribution in [2.45, 2.75) is 6.92 Å². The van der Waals surface area contributed by atoms with E-state index in [0.717, 1.165) is 11.4 Å². The highest BCUT2D eigenvalue weighted by Crippen LogP contribution is 2.21. The van der Waals surface area contributed by atoms with E-state index in [1.807, 2.05) is 36.4 Å². The van der Waals surface area contributed by atoms with Crippen molar-refractivity contribution in [2.24, 2.45) is 0 Å². The minimum atomic E-state index is -0.456. The molecule has 104 valence electrons. The van der Waals surface area contributed by atoms with Crippen LogP contribution in [-0.4, -0.2) is 12.7 Å². The van der Waals surface area contributed by atoms with Gasteiger partial charge in [0.2, 0.25) is 0 Å². The lowest BCUT2D eigenvalue weighted by molar-refractivity contribution is 0.168. The number of benzene rings is 2. The van der Waals surface area contributed by atoms with E-state index in [1.165, 1.54) is 0 Å². The highest BCUT2D eigenvalue weighted by Gasteiger charge is 2.01. The van der Waals surface area contributed by atoms with Gasteiger partial charge in [-0.2, -0.15) is 0 Å². The van der Waals surface area contributed by atoms with E-state index in [0.29, 0.717) is 17.3 Å². The van der Waals surface area contributed by atoms with Crippen LogP contribution in [0.2, 0.25) is 5.02 Å². The number of hydrogen-bond acceptors (Lipinski definition) is 3. The van der Waals surface area contributed by atoms with Crippen molar-refractivity contribution in [3.05, 3.63) is 53.6 Å². The Labute approximate surface area is 122 Å². The molecule has 0 unspecified atom stereocenters. The molecule has 0 saturated heterocycles. The van der Waals surface area contributed by atoms with Crippen LogP contribution in [0.25, 0.3) is 0 Å². The zero-order valence-corrected chi connectivity index (χ0v) is 11.8. The smallest absolute Gasteiger partial charge is 0.411 e. The van der Waals surface area contributed by atoms with Crippen LogP contribution in [0.4, 0.5) is 21.9 Å². The van der Waals surface area contributed by atoms with Crippen LogP contribution in [0.3, 0.4) is 0 Å². The molecule has 5 heteroatoms. The maximum Gasteiger partial charge on any atom is 0.411 e. The summed E-state index contributed by atoms with van der Waals surface area (Å²) in [5.74, 6) is 0. The number of carbonyl (C=O) groups is 1. The second-order valence-corrected chi connectivity index (χ2v) is 4.49. The van der Waals surface area contributed by atoms with Gasteiger partial charge in [-0.05, 0) is 49.4 Å². The lowest BCUT2D eigenvalue weighted by atomic mass is 10.2. The number of nitrogens with one attached hydrogen (secondary N) is 2. The SMILES string of the molecule is CCOC(=O)Nc1ccc(Nc2cccc(Cl)c2)cc1. The van der Waals surface area contributed by atoms with Gasteiger partial charge in [0.1, 0.15) is 0 Å². The first-order valence-electron chi connectivity index (χ1n) is 6.24. The summed E-state index contributed by atoms with van der Waals surface area (Å²) < 4.78 is 4.80. The maximum atomic E-state index is 11.3. The first-order chi connectivity index (χ1) is 9.67. The summed E-state index contributed by atoms with van der Waals surface area (Å²) in [5, 5.41) is 6.53. The van der Waals surface area contributed by atoms with Gasteiger partial charge in [-0.3, -0.25) is 5.32 Å². The summed E-state index contributed by atoms with van der Waals surface area (Å²) in [7, 11) is 0. The second kappa shape index (κ2) is 6.82. The highest BCUT2D eigenvalue weighted by atomic mass is 35.5. The third kappa shape index (κ3) is 4.17. The lowest BCUT2D eigenvalue weighted by Gasteiger charge is -2.09. The molecule has 0 saturated carbocycles. The fraction of sp³-hybridized carbons (Fsp3) is 0.133. The van der Waals surface area contributed by atoms with Gasteiger partial charge in [-0.15, -0.1) is 0 Å². The molecule has 2 N–H and O–H groups in total. The zero-order valence-electron chi connectivity index (χ0n) is 11.0. The van der Waals surface area contributed by atoms with Gasteiger partial charge < -0.3 is 10.1 Å². The minimum absolute atomic E-state index is 0.347. The normalized spacial score (nSPS) is 9.90. The molecule has 2 aromatic rings. The molecular weight excluding hydrogens is 276 g/mol. The Hall–Kier alpha value is -2.20. The minimum Gasteiger partial charge on any atom is -0.450 e. The van der Waals surface area contributed by atoms with Gasteiger partial charge >= 0.3 is 6.09 Å². The first kappa shape index (κ1) is 14.2. The number of ether oxygens (including phenoxy) is 1. The molecule has 1 amide bonds. The van der Waals surface area contributed by atoms with Crippen molar-refractivity contribution in [3.8, 4) is 0 Å². The van der Waals surface area contributed by atoms with Crippen molar-refractivity contribution >= 4 is 34.8 Å². The molecule has 0 heterocycles. The van der Waals surface area contributed by atoms with Crippen molar-refractivity contribution in [1.29, 1.82) is 0 Å². The molecule has 0 fully saturated rings. The molecule has 0 atom stereocenters. The lowest BCUT2D eigenvalue weighted by Crippen LogP contribution is -2.13. The number of rotatable bonds is 4. The van der Waals surface area contributed by atoms with E-state index in [-0.39, 0.29) is 0 Å². The third-order valence-electron chi connectivity index (χ3n) is 2.52. The number of halogens is 1.